The lowest BCUT2D eigenvalue weighted by molar-refractivity contribution is 0.0360. The van der Waals surface area contributed by atoms with Gasteiger partial charge in [0.1, 0.15) is 5.69 Å². The van der Waals surface area contributed by atoms with Crippen LogP contribution in [-0.4, -0.2) is 17.5 Å². The van der Waals surface area contributed by atoms with Gasteiger partial charge in [0.15, 0.2) is 0 Å². The lowest BCUT2D eigenvalue weighted by Gasteiger charge is -1.99. The Morgan fingerprint density at radius 2 is 2.58 bits per heavy atom. The van der Waals surface area contributed by atoms with E-state index in [-0.39, 0.29) is 5.91 Å². The molecule has 1 rings (SSSR count). The van der Waals surface area contributed by atoms with Crippen molar-refractivity contribution in [2.45, 2.75) is 13.8 Å². The summed E-state index contributed by atoms with van der Waals surface area (Å²) < 4.78 is 0. The van der Waals surface area contributed by atoms with Gasteiger partial charge in [-0.05, 0) is 13.8 Å². The normalized spacial score (nSPS) is 9.83. The van der Waals surface area contributed by atoms with E-state index in [0.717, 1.165) is 5.01 Å². The van der Waals surface area contributed by atoms with Crippen molar-refractivity contribution in [1.82, 2.24) is 10.5 Å². The third-order valence-electron chi connectivity index (χ3n) is 1.16. The minimum atomic E-state index is -0.291. The monoisotopic (exact) mass is 186 g/mol. The Morgan fingerprint density at radius 3 is 3.08 bits per heavy atom. The highest BCUT2D eigenvalue weighted by Gasteiger charge is 2.07. The van der Waals surface area contributed by atoms with Crippen LogP contribution in [0.3, 0.4) is 0 Å². The summed E-state index contributed by atoms with van der Waals surface area (Å²) in [6.45, 7) is 4.10. The maximum Gasteiger partial charge on any atom is 0.294 e. The molecule has 0 aromatic carbocycles. The molecular weight excluding hydrogens is 176 g/mol. The van der Waals surface area contributed by atoms with E-state index in [4.69, 9.17) is 4.84 Å². The van der Waals surface area contributed by atoms with Gasteiger partial charge in [-0.2, -0.15) is 0 Å². The summed E-state index contributed by atoms with van der Waals surface area (Å²) in [5.41, 5.74) is 2.68. The molecule has 0 spiro atoms. The van der Waals surface area contributed by atoms with Crippen LogP contribution in [0.1, 0.15) is 22.4 Å². The highest BCUT2D eigenvalue weighted by molar-refractivity contribution is 7.09. The molecule has 5 heteroatoms. The minimum absolute atomic E-state index is 0.291. The third-order valence-corrected chi connectivity index (χ3v) is 1.93. The fraction of sp³-hybridized carbons (Fsp3) is 0.429. The van der Waals surface area contributed by atoms with Crippen LogP contribution in [0.15, 0.2) is 5.38 Å². The summed E-state index contributed by atoms with van der Waals surface area (Å²) in [6.07, 6.45) is 0. The zero-order valence-corrected chi connectivity index (χ0v) is 7.77. The number of aromatic nitrogens is 1. The van der Waals surface area contributed by atoms with Gasteiger partial charge in [-0.25, -0.2) is 10.5 Å². The van der Waals surface area contributed by atoms with Crippen LogP contribution in [0.4, 0.5) is 0 Å². The quantitative estimate of drug-likeness (QED) is 0.720. The van der Waals surface area contributed by atoms with Crippen molar-refractivity contribution >= 4 is 17.2 Å². The molecule has 0 aliphatic rings. The number of thiazole rings is 1. The molecule has 0 aliphatic heterocycles. The number of hydroxylamine groups is 1. The number of aryl methyl sites for hydroxylation is 1. The molecule has 0 unspecified atom stereocenters. The Kier molecular flexibility index (Phi) is 3.19. The molecule has 1 amide bonds. The summed E-state index contributed by atoms with van der Waals surface area (Å²) in [4.78, 5) is 19.8. The Balaban J connectivity index is 2.53. The van der Waals surface area contributed by atoms with Gasteiger partial charge in [0.05, 0.1) is 11.6 Å². The van der Waals surface area contributed by atoms with E-state index < -0.39 is 0 Å². The zero-order chi connectivity index (χ0) is 8.97. The van der Waals surface area contributed by atoms with Gasteiger partial charge in [-0.1, -0.05) is 0 Å². The maximum absolute atomic E-state index is 11.1. The predicted octanol–water partition coefficient (Wildman–Crippen LogP) is 1.13. The number of hydrogen-bond donors (Lipinski definition) is 1. The molecule has 0 radical (unpaired) electrons. The molecule has 0 atom stereocenters. The molecule has 1 N–H and O–H groups in total. The maximum atomic E-state index is 11.1. The smallest absolute Gasteiger partial charge is 0.274 e. The standard InChI is InChI=1S/C7H10N2O2S/c1-3-11-9-7(10)6-4-12-5(2)8-6/h4H,3H2,1-2H3,(H,9,10). The van der Waals surface area contributed by atoms with Crippen LogP contribution in [0.2, 0.25) is 0 Å². The fourth-order valence-electron chi connectivity index (χ4n) is 0.658. The van der Waals surface area contributed by atoms with Crippen molar-refractivity contribution in [1.29, 1.82) is 0 Å². The van der Waals surface area contributed by atoms with Crippen LogP contribution in [-0.2, 0) is 4.84 Å². The van der Waals surface area contributed by atoms with Gasteiger partial charge in [0, 0.05) is 5.38 Å². The number of nitrogens with zero attached hydrogens (tertiary/aromatic N) is 1. The summed E-state index contributed by atoms with van der Waals surface area (Å²) in [6, 6.07) is 0. The Labute approximate surface area is 74.5 Å². The first kappa shape index (κ1) is 9.15. The number of carbonyl (C=O) groups is 1. The molecule has 0 bridgehead atoms. The van der Waals surface area contributed by atoms with Gasteiger partial charge in [-0.15, -0.1) is 11.3 Å². The SMILES string of the molecule is CCONC(=O)c1csc(C)n1. The van der Waals surface area contributed by atoms with E-state index in [2.05, 4.69) is 10.5 Å². The second kappa shape index (κ2) is 4.18. The summed E-state index contributed by atoms with van der Waals surface area (Å²) in [5, 5.41) is 2.57. The Hall–Kier alpha value is -0.940. The van der Waals surface area contributed by atoms with Crippen LogP contribution >= 0.6 is 11.3 Å². The van der Waals surface area contributed by atoms with Crippen molar-refractivity contribution in [3.05, 3.63) is 16.1 Å². The van der Waals surface area contributed by atoms with E-state index >= 15 is 0 Å². The Morgan fingerprint density at radius 1 is 1.83 bits per heavy atom. The van der Waals surface area contributed by atoms with E-state index in [1.165, 1.54) is 11.3 Å². The van der Waals surface area contributed by atoms with E-state index in [1.54, 1.807) is 12.3 Å². The molecule has 0 saturated heterocycles. The fourth-order valence-corrected chi connectivity index (χ4v) is 1.25. The second-order valence-corrected chi connectivity index (χ2v) is 3.18. The average molecular weight is 186 g/mol. The van der Waals surface area contributed by atoms with Crippen LogP contribution in [0.25, 0.3) is 0 Å². The first-order valence-corrected chi connectivity index (χ1v) is 4.46. The minimum Gasteiger partial charge on any atom is -0.274 e. The number of hydrogen-bond acceptors (Lipinski definition) is 4. The number of nitrogens with one attached hydrogen (secondary N) is 1. The second-order valence-electron chi connectivity index (χ2n) is 2.12. The molecule has 1 aromatic rings. The first-order valence-electron chi connectivity index (χ1n) is 3.58. The van der Waals surface area contributed by atoms with Gasteiger partial charge >= 0.3 is 0 Å². The van der Waals surface area contributed by atoms with Gasteiger partial charge < -0.3 is 0 Å². The predicted molar refractivity (Wildman–Crippen MR) is 45.9 cm³/mol. The van der Waals surface area contributed by atoms with Gasteiger partial charge in [0.2, 0.25) is 0 Å². The molecule has 1 aromatic heterocycles. The number of rotatable bonds is 3. The molecule has 0 aliphatic carbocycles. The first-order chi connectivity index (χ1) is 5.74. The lowest BCUT2D eigenvalue weighted by atomic mass is 10.5. The summed E-state index contributed by atoms with van der Waals surface area (Å²) in [7, 11) is 0. The van der Waals surface area contributed by atoms with Crippen molar-refractivity contribution in [2.24, 2.45) is 0 Å². The highest BCUT2D eigenvalue weighted by atomic mass is 32.1. The molecule has 66 valence electrons. The topological polar surface area (TPSA) is 51.2 Å². The number of amides is 1. The van der Waals surface area contributed by atoms with Gasteiger partial charge in [0.25, 0.3) is 5.91 Å². The van der Waals surface area contributed by atoms with Crippen molar-refractivity contribution in [3.8, 4) is 0 Å². The molecule has 0 fully saturated rings. The van der Waals surface area contributed by atoms with Crippen LogP contribution in [0, 0.1) is 6.92 Å². The average Bonchev–Trinajstić information content (AvgIpc) is 2.47. The van der Waals surface area contributed by atoms with Crippen LogP contribution < -0.4 is 5.48 Å². The molecule has 4 nitrogen and oxygen atoms in total. The summed E-state index contributed by atoms with van der Waals surface area (Å²) >= 11 is 1.44. The van der Waals surface area contributed by atoms with E-state index in [9.17, 15) is 4.79 Å². The lowest BCUT2D eigenvalue weighted by Crippen LogP contribution is -2.23. The van der Waals surface area contributed by atoms with Crippen molar-refractivity contribution in [3.63, 3.8) is 0 Å². The highest BCUT2D eigenvalue weighted by Crippen LogP contribution is 2.07. The number of carbonyl (C=O) groups excluding carboxylic acids is 1. The van der Waals surface area contributed by atoms with Crippen molar-refractivity contribution in [2.75, 3.05) is 6.61 Å². The molecule has 0 saturated carbocycles. The molecular formula is C7H10N2O2S. The van der Waals surface area contributed by atoms with Crippen LogP contribution in [0.5, 0.6) is 0 Å². The van der Waals surface area contributed by atoms with E-state index in [1.807, 2.05) is 6.92 Å². The zero-order valence-electron chi connectivity index (χ0n) is 6.96. The third kappa shape index (κ3) is 2.28. The van der Waals surface area contributed by atoms with Gasteiger partial charge in [-0.3, -0.25) is 9.63 Å². The largest absolute Gasteiger partial charge is 0.294 e. The molecule has 1 heterocycles. The van der Waals surface area contributed by atoms with Crippen molar-refractivity contribution < 1.29 is 9.63 Å². The molecule has 12 heavy (non-hydrogen) atoms. The van der Waals surface area contributed by atoms with E-state index in [0.29, 0.717) is 12.3 Å². The Bertz CT molecular complexity index is 272. The summed E-state index contributed by atoms with van der Waals surface area (Å²) in [5.74, 6) is -0.291.